The third-order valence-electron chi connectivity index (χ3n) is 5.78. The molecule has 1 aromatic carbocycles. The number of hydrogen-bond donors (Lipinski definition) is 0. The van der Waals surface area contributed by atoms with Crippen LogP contribution >= 0.6 is 0 Å². The second-order valence-corrected chi connectivity index (χ2v) is 7.62. The molecule has 4 rings (SSSR count). The number of amides is 1. The topological polar surface area (TPSA) is 72.6 Å². The first-order valence-corrected chi connectivity index (χ1v) is 9.82. The number of methoxy groups -OCH3 is 1. The summed E-state index contributed by atoms with van der Waals surface area (Å²) in [7, 11) is 3.34. The second kappa shape index (κ2) is 7.79. The fraction of sp³-hybridized carbons (Fsp3) is 0.550. The number of rotatable bonds is 4. The van der Waals surface area contributed by atoms with Crippen LogP contribution in [0.5, 0.6) is 5.75 Å². The summed E-state index contributed by atoms with van der Waals surface area (Å²) in [5.74, 6) is 1.70. The molecule has 1 amide bonds. The van der Waals surface area contributed by atoms with E-state index in [1.165, 1.54) is 10.2 Å². The van der Waals surface area contributed by atoms with Gasteiger partial charge in [-0.25, -0.2) is 9.48 Å². The molecule has 2 aliphatic rings. The van der Waals surface area contributed by atoms with Crippen molar-refractivity contribution in [2.45, 2.75) is 25.9 Å². The van der Waals surface area contributed by atoms with Gasteiger partial charge in [-0.3, -0.25) is 14.3 Å². The predicted molar refractivity (Wildman–Crippen MR) is 104 cm³/mol. The van der Waals surface area contributed by atoms with Gasteiger partial charge in [0, 0.05) is 52.7 Å². The molecule has 0 unspecified atom stereocenters. The number of fused-ring (bicyclic) bond motifs is 1. The lowest BCUT2D eigenvalue weighted by atomic mass is 9.97. The van der Waals surface area contributed by atoms with Crippen molar-refractivity contribution in [1.29, 1.82) is 0 Å². The molecule has 8 heteroatoms. The van der Waals surface area contributed by atoms with Gasteiger partial charge in [-0.15, -0.1) is 0 Å². The average Bonchev–Trinajstić information content (AvgIpc) is 3.01. The lowest BCUT2D eigenvalue weighted by Crippen LogP contribution is -2.51. The van der Waals surface area contributed by atoms with Crippen LogP contribution in [0.4, 0.5) is 0 Å². The van der Waals surface area contributed by atoms with Gasteiger partial charge in [0.2, 0.25) is 5.91 Å². The monoisotopic (exact) mass is 385 g/mol. The zero-order valence-corrected chi connectivity index (χ0v) is 16.5. The van der Waals surface area contributed by atoms with Crippen molar-refractivity contribution in [2.24, 2.45) is 13.0 Å². The van der Waals surface area contributed by atoms with E-state index in [1.54, 1.807) is 18.7 Å². The molecular formula is C20H27N5O3. The van der Waals surface area contributed by atoms with E-state index in [4.69, 9.17) is 4.74 Å². The van der Waals surface area contributed by atoms with Crippen molar-refractivity contribution >= 4 is 5.91 Å². The molecule has 2 aliphatic heterocycles. The molecular weight excluding hydrogens is 358 g/mol. The Morgan fingerprint density at radius 3 is 2.79 bits per heavy atom. The number of ether oxygens (including phenoxy) is 1. The average molecular weight is 385 g/mol. The first-order valence-electron chi connectivity index (χ1n) is 9.82. The van der Waals surface area contributed by atoms with Gasteiger partial charge in [-0.2, -0.15) is 5.10 Å². The Kier molecular flexibility index (Phi) is 5.21. The third-order valence-corrected chi connectivity index (χ3v) is 5.78. The molecule has 0 N–H and O–H groups in total. The lowest BCUT2D eigenvalue weighted by Gasteiger charge is -2.37. The van der Waals surface area contributed by atoms with E-state index >= 15 is 0 Å². The number of aromatic nitrogens is 3. The fourth-order valence-corrected chi connectivity index (χ4v) is 4.15. The van der Waals surface area contributed by atoms with Crippen LogP contribution in [0.25, 0.3) is 0 Å². The van der Waals surface area contributed by atoms with Gasteiger partial charge in [0.05, 0.1) is 13.0 Å². The van der Waals surface area contributed by atoms with Crippen molar-refractivity contribution < 1.29 is 9.53 Å². The van der Waals surface area contributed by atoms with Crippen molar-refractivity contribution in [2.75, 3.05) is 33.3 Å². The molecule has 0 bridgehead atoms. The Morgan fingerprint density at radius 1 is 1.25 bits per heavy atom. The Labute approximate surface area is 164 Å². The molecule has 0 radical (unpaired) electrons. The molecule has 0 saturated carbocycles. The van der Waals surface area contributed by atoms with E-state index in [2.05, 4.69) is 22.1 Å². The van der Waals surface area contributed by atoms with Crippen LogP contribution in [0.2, 0.25) is 0 Å². The van der Waals surface area contributed by atoms with Crippen LogP contribution in [0.1, 0.15) is 17.8 Å². The van der Waals surface area contributed by atoms with Crippen molar-refractivity contribution in [3.63, 3.8) is 0 Å². The Balaban J connectivity index is 1.33. The molecule has 1 fully saturated rings. The number of nitrogens with zero attached hydrogens (tertiary/aromatic N) is 5. The molecule has 1 aromatic heterocycles. The highest BCUT2D eigenvalue weighted by Gasteiger charge is 2.32. The maximum Gasteiger partial charge on any atom is 0.345 e. The highest BCUT2D eigenvalue weighted by atomic mass is 16.5. The summed E-state index contributed by atoms with van der Waals surface area (Å²) in [5, 5.41) is 4.25. The fourth-order valence-electron chi connectivity index (χ4n) is 4.15. The van der Waals surface area contributed by atoms with Gasteiger partial charge < -0.3 is 9.64 Å². The van der Waals surface area contributed by atoms with E-state index in [9.17, 15) is 9.59 Å². The summed E-state index contributed by atoms with van der Waals surface area (Å²) in [6, 6.07) is 8.11. The first kappa shape index (κ1) is 18.7. The van der Waals surface area contributed by atoms with Gasteiger partial charge in [-0.1, -0.05) is 12.1 Å². The maximum absolute atomic E-state index is 13.0. The highest BCUT2D eigenvalue weighted by molar-refractivity contribution is 5.79. The molecule has 0 aliphatic carbocycles. The number of hydrogen-bond acceptors (Lipinski definition) is 5. The first-order chi connectivity index (χ1) is 13.5. The summed E-state index contributed by atoms with van der Waals surface area (Å²) < 4.78 is 8.31. The Bertz CT molecular complexity index is 911. The molecule has 150 valence electrons. The summed E-state index contributed by atoms with van der Waals surface area (Å²) in [4.78, 5) is 29.4. The van der Waals surface area contributed by atoms with E-state index in [0.29, 0.717) is 13.0 Å². The minimum absolute atomic E-state index is 0.126. The molecule has 3 heterocycles. The zero-order chi connectivity index (χ0) is 19.7. The SMILES string of the molecule is COc1cccc(CN2CCN(C(=O)[C@H]3CCc4nn(C)c(=O)n4C3)CC2)c1. The number of carbonyl (C=O) groups excluding carboxylic acids is 1. The largest absolute Gasteiger partial charge is 0.497 e. The van der Waals surface area contributed by atoms with Gasteiger partial charge in [0.15, 0.2) is 0 Å². The zero-order valence-electron chi connectivity index (χ0n) is 16.5. The molecule has 1 atom stereocenters. The van der Waals surface area contributed by atoms with Gasteiger partial charge in [0.25, 0.3) is 0 Å². The van der Waals surface area contributed by atoms with E-state index in [-0.39, 0.29) is 17.5 Å². The number of piperazine rings is 1. The molecule has 2 aromatic rings. The smallest absolute Gasteiger partial charge is 0.345 e. The van der Waals surface area contributed by atoms with Crippen molar-refractivity contribution in [1.82, 2.24) is 24.1 Å². The van der Waals surface area contributed by atoms with Crippen LogP contribution in [0.15, 0.2) is 29.1 Å². The molecule has 8 nitrogen and oxygen atoms in total. The highest BCUT2D eigenvalue weighted by Crippen LogP contribution is 2.21. The van der Waals surface area contributed by atoms with E-state index in [1.807, 2.05) is 17.0 Å². The van der Waals surface area contributed by atoms with Gasteiger partial charge in [-0.05, 0) is 24.1 Å². The second-order valence-electron chi connectivity index (χ2n) is 7.62. The maximum atomic E-state index is 13.0. The minimum atomic E-state index is -0.129. The van der Waals surface area contributed by atoms with Gasteiger partial charge in [0.1, 0.15) is 11.6 Å². The van der Waals surface area contributed by atoms with Crippen LogP contribution < -0.4 is 10.4 Å². The summed E-state index contributed by atoms with van der Waals surface area (Å²) in [6.45, 7) is 4.48. The summed E-state index contributed by atoms with van der Waals surface area (Å²) >= 11 is 0. The lowest BCUT2D eigenvalue weighted by molar-refractivity contribution is -0.138. The third kappa shape index (κ3) is 3.69. The van der Waals surface area contributed by atoms with Crippen molar-refractivity contribution in [3.05, 3.63) is 46.1 Å². The number of benzene rings is 1. The Hall–Kier alpha value is -2.61. The van der Waals surface area contributed by atoms with Crippen LogP contribution in [-0.2, 0) is 31.4 Å². The quantitative estimate of drug-likeness (QED) is 0.766. The van der Waals surface area contributed by atoms with Crippen molar-refractivity contribution in [3.8, 4) is 5.75 Å². The standard InChI is InChI=1S/C20H27N5O3/c1-22-20(27)25-14-16(6-7-18(25)21-22)19(26)24-10-8-23(9-11-24)13-15-4-3-5-17(12-15)28-2/h3-5,12,16H,6-11,13-14H2,1-2H3/t16-/m0/s1. The van der Waals surface area contributed by atoms with Crippen LogP contribution in [-0.4, -0.2) is 63.3 Å². The number of carbonyl (C=O) groups is 1. The Morgan fingerprint density at radius 2 is 2.04 bits per heavy atom. The van der Waals surface area contributed by atoms with Gasteiger partial charge >= 0.3 is 5.69 Å². The van der Waals surface area contributed by atoms with Crippen LogP contribution in [0.3, 0.4) is 0 Å². The molecule has 1 saturated heterocycles. The normalized spacial score (nSPS) is 20.1. The predicted octanol–water partition coefficient (Wildman–Crippen LogP) is 0.497. The van der Waals surface area contributed by atoms with E-state index in [0.717, 1.165) is 50.7 Å². The number of aryl methyl sites for hydroxylation is 2. The molecule has 28 heavy (non-hydrogen) atoms. The minimum Gasteiger partial charge on any atom is -0.497 e. The van der Waals surface area contributed by atoms with E-state index < -0.39 is 0 Å². The van der Waals surface area contributed by atoms with Crippen LogP contribution in [0, 0.1) is 5.92 Å². The summed E-state index contributed by atoms with van der Waals surface area (Å²) in [5.41, 5.74) is 1.09. The summed E-state index contributed by atoms with van der Waals surface area (Å²) in [6.07, 6.45) is 1.45. The molecule has 0 spiro atoms.